The van der Waals surface area contributed by atoms with Crippen LogP contribution in [0.3, 0.4) is 0 Å². The molecule has 0 spiro atoms. The van der Waals surface area contributed by atoms with Gasteiger partial charge in [-0.15, -0.1) is 0 Å². The Morgan fingerprint density at radius 2 is 2.07 bits per heavy atom. The van der Waals surface area contributed by atoms with E-state index < -0.39 is 0 Å². The minimum atomic E-state index is 0.380. The molecular formula is C12H19N3. The smallest absolute Gasteiger partial charge is 0.145 e. The van der Waals surface area contributed by atoms with Crippen LogP contribution in [0.15, 0.2) is 12.4 Å². The molecule has 1 fully saturated rings. The van der Waals surface area contributed by atoms with E-state index in [1.165, 1.54) is 12.8 Å². The van der Waals surface area contributed by atoms with Gasteiger partial charge in [0.05, 0.1) is 6.04 Å². The largest absolute Gasteiger partial charge is 0.307 e. The molecule has 3 nitrogen and oxygen atoms in total. The van der Waals surface area contributed by atoms with E-state index in [2.05, 4.69) is 22.2 Å². The van der Waals surface area contributed by atoms with Gasteiger partial charge in [0.25, 0.3) is 0 Å². The second kappa shape index (κ2) is 4.71. The summed E-state index contributed by atoms with van der Waals surface area (Å²) in [4.78, 5) is 8.84. The minimum absolute atomic E-state index is 0.380. The molecule has 0 bridgehead atoms. The van der Waals surface area contributed by atoms with E-state index in [-0.39, 0.29) is 0 Å². The number of rotatable bonds is 5. The zero-order chi connectivity index (χ0) is 10.7. The second-order valence-corrected chi connectivity index (χ2v) is 4.39. The maximum Gasteiger partial charge on any atom is 0.145 e. The fraction of sp³-hybridized carbons (Fsp3) is 0.667. The predicted molar refractivity (Wildman–Crippen MR) is 60.5 cm³/mol. The van der Waals surface area contributed by atoms with Crippen molar-refractivity contribution in [3.8, 4) is 0 Å². The van der Waals surface area contributed by atoms with Crippen molar-refractivity contribution in [2.75, 3.05) is 6.54 Å². The van der Waals surface area contributed by atoms with Crippen LogP contribution in [-0.4, -0.2) is 16.5 Å². The monoisotopic (exact) mass is 205 g/mol. The topological polar surface area (TPSA) is 37.8 Å². The molecule has 0 aromatic carbocycles. The fourth-order valence-corrected chi connectivity index (χ4v) is 1.76. The molecule has 1 aromatic heterocycles. The Morgan fingerprint density at radius 1 is 1.40 bits per heavy atom. The standard InChI is InChI=1S/C12H19N3/c1-3-6-13-11(10-4-5-10)12-14-7-9(2)8-15-12/h7-8,10-11,13H,3-6H2,1-2H3. The van der Waals surface area contributed by atoms with Crippen LogP contribution in [0, 0.1) is 12.8 Å². The summed E-state index contributed by atoms with van der Waals surface area (Å²) in [5.41, 5.74) is 1.13. The first-order valence-corrected chi connectivity index (χ1v) is 5.83. The number of aryl methyl sites for hydroxylation is 1. The summed E-state index contributed by atoms with van der Waals surface area (Å²) in [5.74, 6) is 1.73. The lowest BCUT2D eigenvalue weighted by Crippen LogP contribution is -2.25. The lowest BCUT2D eigenvalue weighted by Gasteiger charge is -2.16. The summed E-state index contributed by atoms with van der Waals surface area (Å²) in [6, 6.07) is 0.380. The number of nitrogens with one attached hydrogen (secondary N) is 1. The molecule has 2 rings (SSSR count). The summed E-state index contributed by atoms with van der Waals surface area (Å²) in [6.07, 6.45) is 7.61. The van der Waals surface area contributed by atoms with Gasteiger partial charge in [-0.1, -0.05) is 6.92 Å². The summed E-state index contributed by atoms with van der Waals surface area (Å²) in [6.45, 7) is 5.26. The van der Waals surface area contributed by atoms with Gasteiger partial charge in [-0.25, -0.2) is 9.97 Å². The van der Waals surface area contributed by atoms with E-state index in [9.17, 15) is 0 Å². The van der Waals surface area contributed by atoms with Crippen molar-refractivity contribution in [1.29, 1.82) is 0 Å². The first-order chi connectivity index (χ1) is 7.31. The van der Waals surface area contributed by atoms with Crippen LogP contribution >= 0.6 is 0 Å². The third-order valence-corrected chi connectivity index (χ3v) is 2.79. The highest BCUT2D eigenvalue weighted by Gasteiger charge is 2.33. The van der Waals surface area contributed by atoms with E-state index in [0.717, 1.165) is 30.3 Å². The van der Waals surface area contributed by atoms with Gasteiger partial charge in [0.15, 0.2) is 0 Å². The van der Waals surface area contributed by atoms with E-state index >= 15 is 0 Å². The molecule has 1 N–H and O–H groups in total. The lowest BCUT2D eigenvalue weighted by molar-refractivity contribution is 0.458. The maximum absolute atomic E-state index is 4.42. The molecule has 1 unspecified atom stereocenters. The Bertz CT molecular complexity index is 303. The molecule has 1 saturated carbocycles. The van der Waals surface area contributed by atoms with Gasteiger partial charge in [0, 0.05) is 12.4 Å². The van der Waals surface area contributed by atoms with Crippen molar-refractivity contribution in [3.05, 3.63) is 23.8 Å². The summed E-state index contributed by atoms with van der Waals surface area (Å²) in [7, 11) is 0. The van der Waals surface area contributed by atoms with Crippen molar-refractivity contribution in [1.82, 2.24) is 15.3 Å². The number of aromatic nitrogens is 2. The molecule has 0 amide bonds. The normalized spacial score (nSPS) is 17.7. The molecule has 0 saturated heterocycles. The summed E-state index contributed by atoms with van der Waals surface area (Å²) >= 11 is 0. The Labute approximate surface area is 91.3 Å². The highest BCUT2D eigenvalue weighted by molar-refractivity contribution is 5.07. The zero-order valence-corrected chi connectivity index (χ0v) is 9.53. The molecule has 1 aromatic rings. The van der Waals surface area contributed by atoms with Crippen LogP contribution in [0.4, 0.5) is 0 Å². The van der Waals surface area contributed by atoms with Gasteiger partial charge in [0.2, 0.25) is 0 Å². The third-order valence-electron chi connectivity index (χ3n) is 2.79. The third kappa shape index (κ3) is 2.75. The van der Waals surface area contributed by atoms with E-state index in [1.54, 1.807) is 0 Å². The molecule has 1 aliphatic rings. The van der Waals surface area contributed by atoms with Crippen LogP contribution in [0.5, 0.6) is 0 Å². The van der Waals surface area contributed by atoms with Gasteiger partial charge >= 0.3 is 0 Å². The molecule has 0 radical (unpaired) electrons. The molecule has 1 aliphatic carbocycles. The van der Waals surface area contributed by atoms with Crippen molar-refractivity contribution < 1.29 is 0 Å². The number of nitrogens with zero attached hydrogens (tertiary/aromatic N) is 2. The van der Waals surface area contributed by atoms with Crippen LogP contribution < -0.4 is 5.32 Å². The molecule has 1 heterocycles. The fourth-order valence-electron chi connectivity index (χ4n) is 1.76. The van der Waals surface area contributed by atoms with Gasteiger partial charge in [0.1, 0.15) is 5.82 Å². The summed E-state index contributed by atoms with van der Waals surface area (Å²) in [5, 5.41) is 3.54. The molecule has 3 heteroatoms. The van der Waals surface area contributed by atoms with Gasteiger partial charge < -0.3 is 5.32 Å². The molecule has 1 atom stereocenters. The average Bonchev–Trinajstić information content (AvgIpc) is 3.05. The first kappa shape index (κ1) is 10.6. The lowest BCUT2D eigenvalue weighted by atomic mass is 10.1. The van der Waals surface area contributed by atoms with E-state index in [4.69, 9.17) is 0 Å². The quantitative estimate of drug-likeness (QED) is 0.801. The molecular weight excluding hydrogens is 186 g/mol. The first-order valence-electron chi connectivity index (χ1n) is 5.83. The van der Waals surface area contributed by atoms with Crippen molar-refractivity contribution in [3.63, 3.8) is 0 Å². The van der Waals surface area contributed by atoms with E-state index in [1.807, 2.05) is 19.3 Å². The Morgan fingerprint density at radius 3 is 2.60 bits per heavy atom. The Balaban J connectivity index is 2.06. The molecule has 15 heavy (non-hydrogen) atoms. The molecule has 0 aliphatic heterocycles. The van der Waals surface area contributed by atoms with Crippen molar-refractivity contribution in [2.24, 2.45) is 5.92 Å². The van der Waals surface area contributed by atoms with Gasteiger partial charge in [-0.3, -0.25) is 0 Å². The Kier molecular flexibility index (Phi) is 3.31. The number of hydrogen-bond acceptors (Lipinski definition) is 3. The van der Waals surface area contributed by atoms with Crippen LogP contribution in [0.25, 0.3) is 0 Å². The predicted octanol–water partition coefficient (Wildman–Crippen LogP) is 2.24. The van der Waals surface area contributed by atoms with Gasteiger partial charge in [-0.05, 0) is 44.2 Å². The highest BCUT2D eigenvalue weighted by Crippen LogP contribution is 2.39. The van der Waals surface area contributed by atoms with Crippen LogP contribution in [0.2, 0.25) is 0 Å². The molecule has 82 valence electrons. The number of hydrogen-bond donors (Lipinski definition) is 1. The van der Waals surface area contributed by atoms with Crippen molar-refractivity contribution in [2.45, 2.75) is 39.2 Å². The van der Waals surface area contributed by atoms with Gasteiger partial charge in [-0.2, -0.15) is 0 Å². The van der Waals surface area contributed by atoms with Crippen LogP contribution in [-0.2, 0) is 0 Å². The second-order valence-electron chi connectivity index (χ2n) is 4.39. The van der Waals surface area contributed by atoms with E-state index in [0.29, 0.717) is 6.04 Å². The minimum Gasteiger partial charge on any atom is -0.307 e. The maximum atomic E-state index is 4.42. The summed E-state index contributed by atoms with van der Waals surface area (Å²) < 4.78 is 0. The van der Waals surface area contributed by atoms with Crippen molar-refractivity contribution >= 4 is 0 Å². The zero-order valence-electron chi connectivity index (χ0n) is 9.53. The van der Waals surface area contributed by atoms with Crippen LogP contribution in [0.1, 0.15) is 43.6 Å². The Hall–Kier alpha value is -0.960. The SMILES string of the molecule is CCCNC(c1ncc(C)cn1)C1CC1. The average molecular weight is 205 g/mol. The highest BCUT2D eigenvalue weighted by atomic mass is 15.0.